The van der Waals surface area contributed by atoms with Gasteiger partial charge in [0.2, 0.25) is 0 Å². The van der Waals surface area contributed by atoms with Crippen molar-refractivity contribution < 1.29 is 13.2 Å². The Hall–Kier alpha value is -3.19. The molecule has 1 N–H and O–H groups in total. The molecule has 2 saturated heterocycles. The molecule has 0 bridgehead atoms. The third-order valence-electron chi connectivity index (χ3n) is 8.13. The van der Waals surface area contributed by atoms with Gasteiger partial charge in [-0.25, -0.2) is 0 Å². The number of fused-ring (bicyclic) bond motifs is 2. The SMILES string of the molecule is CN1CCC(c2nnc([C@]34CN(c5ccc(C#N)c6ncccc56)C[C@@]3(C(F)(F)F)C4)[nH]2)CC1. The molecule has 6 rings (SSSR count). The van der Waals surface area contributed by atoms with Crippen molar-refractivity contribution in [3.8, 4) is 6.07 Å². The Labute approximate surface area is 194 Å². The van der Waals surface area contributed by atoms with Crippen molar-refractivity contribution in [3.63, 3.8) is 0 Å². The largest absolute Gasteiger partial charge is 0.397 e. The van der Waals surface area contributed by atoms with E-state index in [0.29, 0.717) is 33.8 Å². The molecule has 0 amide bonds. The van der Waals surface area contributed by atoms with E-state index < -0.39 is 17.0 Å². The summed E-state index contributed by atoms with van der Waals surface area (Å²) in [6.45, 7) is 1.90. The van der Waals surface area contributed by atoms with E-state index in [1.54, 1.807) is 29.3 Å². The molecule has 0 unspecified atom stereocenters. The maximum absolute atomic E-state index is 14.5. The van der Waals surface area contributed by atoms with Crippen molar-refractivity contribution in [2.24, 2.45) is 5.41 Å². The van der Waals surface area contributed by atoms with E-state index in [9.17, 15) is 18.4 Å². The number of benzene rings is 1. The van der Waals surface area contributed by atoms with E-state index in [1.807, 2.05) is 6.07 Å². The minimum absolute atomic E-state index is 0.00843. The number of piperidine rings is 2. The molecule has 3 fully saturated rings. The van der Waals surface area contributed by atoms with Crippen molar-refractivity contribution in [2.75, 3.05) is 38.1 Å². The van der Waals surface area contributed by atoms with Crippen LogP contribution in [0.3, 0.4) is 0 Å². The zero-order chi connectivity index (χ0) is 23.7. The number of halogens is 3. The van der Waals surface area contributed by atoms with Gasteiger partial charge in [0.1, 0.15) is 17.7 Å². The second-order valence-corrected chi connectivity index (χ2v) is 9.97. The normalized spacial score (nSPS) is 27.7. The zero-order valence-electron chi connectivity index (χ0n) is 18.7. The summed E-state index contributed by atoms with van der Waals surface area (Å²) in [6.07, 6.45) is -0.943. The summed E-state index contributed by atoms with van der Waals surface area (Å²) < 4.78 is 43.5. The number of rotatable bonds is 3. The summed E-state index contributed by atoms with van der Waals surface area (Å²) in [7, 11) is 2.07. The average molecular weight is 467 g/mol. The lowest BCUT2D eigenvalue weighted by Crippen LogP contribution is -2.34. The van der Waals surface area contributed by atoms with Crippen molar-refractivity contribution in [1.29, 1.82) is 5.26 Å². The van der Waals surface area contributed by atoms with Gasteiger partial charge in [0.05, 0.1) is 21.9 Å². The van der Waals surface area contributed by atoms with Gasteiger partial charge in [0.15, 0.2) is 0 Å². The number of nitrogens with one attached hydrogen (secondary N) is 1. The van der Waals surface area contributed by atoms with Gasteiger partial charge < -0.3 is 14.8 Å². The lowest BCUT2D eigenvalue weighted by atomic mass is 9.94. The van der Waals surface area contributed by atoms with Crippen LogP contribution in [0, 0.1) is 16.7 Å². The summed E-state index contributed by atoms with van der Waals surface area (Å²) in [5.74, 6) is 1.24. The number of H-pyrrole nitrogens is 1. The van der Waals surface area contributed by atoms with E-state index in [1.165, 1.54) is 0 Å². The molecule has 2 aliphatic heterocycles. The number of aromatic amines is 1. The number of hydrogen-bond acceptors (Lipinski definition) is 6. The summed E-state index contributed by atoms with van der Waals surface area (Å²) in [6, 6.07) is 9.03. The van der Waals surface area contributed by atoms with Crippen LogP contribution in [-0.4, -0.2) is 64.5 Å². The first-order chi connectivity index (χ1) is 16.3. The Bertz CT molecular complexity index is 1300. The molecular formula is C24H24F3N7. The molecule has 3 aliphatic rings. The molecule has 1 saturated carbocycles. The maximum Gasteiger partial charge on any atom is 0.397 e. The summed E-state index contributed by atoms with van der Waals surface area (Å²) >= 11 is 0. The zero-order valence-corrected chi connectivity index (χ0v) is 18.7. The monoisotopic (exact) mass is 467 g/mol. The van der Waals surface area contributed by atoms with Crippen LogP contribution in [0.2, 0.25) is 0 Å². The lowest BCUT2D eigenvalue weighted by molar-refractivity contribution is -0.186. The second-order valence-electron chi connectivity index (χ2n) is 9.97. The van der Waals surface area contributed by atoms with Crippen LogP contribution in [0.15, 0.2) is 30.5 Å². The van der Waals surface area contributed by atoms with E-state index in [2.05, 4.69) is 38.2 Å². The maximum atomic E-state index is 14.5. The fraction of sp³-hybridized carbons (Fsp3) is 0.500. The van der Waals surface area contributed by atoms with Crippen LogP contribution in [0.1, 0.15) is 42.4 Å². The predicted octanol–water partition coefficient (Wildman–Crippen LogP) is 3.74. The topological polar surface area (TPSA) is 84.7 Å². The van der Waals surface area contributed by atoms with Crippen molar-refractivity contribution in [2.45, 2.75) is 36.8 Å². The highest BCUT2D eigenvalue weighted by Crippen LogP contribution is 2.74. The summed E-state index contributed by atoms with van der Waals surface area (Å²) in [4.78, 5) is 11.6. The van der Waals surface area contributed by atoms with E-state index in [-0.39, 0.29) is 25.4 Å². The quantitative estimate of drug-likeness (QED) is 0.632. The first-order valence-corrected chi connectivity index (χ1v) is 11.5. The first kappa shape index (κ1) is 21.4. The van der Waals surface area contributed by atoms with Gasteiger partial charge in [-0.15, -0.1) is 10.2 Å². The van der Waals surface area contributed by atoms with E-state index in [0.717, 1.165) is 25.9 Å². The Morgan fingerprint density at radius 1 is 1.15 bits per heavy atom. The van der Waals surface area contributed by atoms with E-state index >= 15 is 0 Å². The summed E-state index contributed by atoms with van der Waals surface area (Å²) in [5.41, 5.74) is -1.45. The molecule has 0 spiro atoms. The van der Waals surface area contributed by atoms with Crippen molar-refractivity contribution in [3.05, 3.63) is 47.7 Å². The first-order valence-electron chi connectivity index (χ1n) is 11.5. The number of hydrogen-bond donors (Lipinski definition) is 1. The van der Waals surface area contributed by atoms with Crippen LogP contribution in [0.25, 0.3) is 10.9 Å². The highest BCUT2D eigenvalue weighted by molar-refractivity contribution is 5.95. The van der Waals surface area contributed by atoms with Crippen LogP contribution < -0.4 is 4.90 Å². The number of pyridine rings is 1. The number of likely N-dealkylation sites (tertiary alicyclic amines) is 1. The van der Waals surface area contributed by atoms with Crippen molar-refractivity contribution >= 4 is 16.6 Å². The Kier molecular flexibility index (Phi) is 4.49. The number of nitriles is 1. The summed E-state index contributed by atoms with van der Waals surface area (Å²) in [5, 5.41) is 18.7. The van der Waals surface area contributed by atoms with Crippen LogP contribution in [-0.2, 0) is 5.41 Å². The predicted molar refractivity (Wildman–Crippen MR) is 119 cm³/mol. The Morgan fingerprint density at radius 2 is 1.94 bits per heavy atom. The van der Waals surface area contributed by atoms with Gasteiger partial charge >= 0.3 is 6.18 Å². The molecule has 10 heteroatoms. The molecule has 34 heavy (non-hydrogen) atoms. The molecule has 2 atom stereocenters. The smallest absolute Gasteiger partial charge is 0.369 e. The minimum atomic E-state index is -4.37. The number of aromatic nitrogens is 4. The van der Waals surface area contributed by atoms with Gasteiger partial charge in [-0.2, -0.15) is 18.4 Å². The third kappa shape index (κ3) is 2.89. The van der Waals surface area contributed by atoms with Gasteiger partial charge in [0, 0.05) is 36.3 Å². The number of anilines is 1. The molecule has 4 heterocycles. The number of nitrogens with zero attached hydrogens (tertiary/aromatic N) is 6. The third-order valence-corrected chi connectivity index (χ3v) is 8.13. The van der Waals surface area contributed by atoms with Crippen LogP contribution >= 0.6 is 0 Å². The van der Waals surface area contributed by atoms with Crippen LogP contribution in [0.4, 0.5) is 18.9 Å². The fourth-order valence-electron chi connectivity index (χ4n) is 6.09. The van der Waals surface area contributed by atoms with E-state index in [4.69, 9.17) is 0 Å². The Morgan fingerprint density at radius 3 is 2.68 bits per heavy atom. The molecular weight excluding hydrogens is 443 g/mol. The molecule has 1 aliphatic carbocycles. The van der Waals surface area contributed by atoms with Gasteiger partial charge in [0.25, 0.3) is 0 Å². The van der Waals surface area contributed by atoms with Gasteiger partial charge in [-0.1, -0.05) is 0 Å². The van der Waals surface area contributed by atoms with Gasteiger partial charge in [-0.3, -0.25) is 4.98 Å². The molecule has 2 aromatic heterocycles. The average Bonchev–Trinajstić information content (AvgIpc) is 3.14. The Balaban J connectivity index is 1.38. The fourth-order valence-corrected chi connectivity index (χ4v) is 6.09. The molecule has 7 nitrogen and oxygen atoms in total. The standard InChI is InChI=1S/C24H24F3N7/c1-33-9-6-15(7-10-33)20-30-21(32-31-20)22-12-23(22,24(25,26)27)14-34(13-22)18-5-4-16(11-28)19-17(18)3-2-8-29-19/h2-5,8,15H,6-7,9-10,12-14H2,1H3,(H,30,31,32)/t22-,23-/m0/s1. The number of alkyl halides is 3. The lowest BCUT2D eigenvalue weighted by Gasteiger charge is -2.27. The van der Waals surface area contributed by atoms with Gasteiger partial charge in [-0.05, 0) is 63.7 Å². The van der Waals surface area contributed by atoms with Crippen molar-refractivity contribution in [1.82, 2.24) is 25.1 Å². The highest BCUT2D eigenvalue weighted by atomic mass is 19.4. The molecule has 176 valence electrons. The molecule has 1 aromatic carbocycles. The highest BCUT2D eigenvalue weighted by Gasteiger charge is 2.85. The van der Waals surface area contributed by atoms with Crippen LogP contribution in [0.5, 0.6) is 0 Å². The molecule has 0 radical (unpaired) electrons. The minimum Gasteiger partial charge on any atom is -0.369 e. The second kappa shape index (κ2) is 7.15. The molecule has 3 aromatic rings.